The maximum atomic E-state index is 14.2. The van der Waals surface area contributed by atoms with Crippen LogP contribution in [-0.4, -0.2) is 51.0 Å². The Morgan fingerprint density at radius 1 is 1.10 bits per heavy atom. The second-order valence-electron chi connectivity index (χ2n) is 8.45. The molecule has 0 radical (unpaired) electrons. The van der Waals surface area contributed by atoms with Gasteiger partial charge in [0.25, 0.3) is 0 Å². The number of sulfone groups is 1. The van der Waals surface area contributed by atoms with E-state index in [1.807, 2.05) is 47.1 Å². The molecule has 31 heavy (non-hydrogen) atoms. The van der Waals surface area contributed by atoms with Crippen LogP contribution in [0, 0.1) is 6.92 Å². The predicted molar refractivity (Wildman–Crippen MR) is 121 cm³/mol. The largest absolute Gasteiger partial charge is 0.366 e. The lowest BCUT2D eigenvalue weighted by Gasteiger charge is -2.26. The van der Waals surface area contributed by atoms with Crippen molar-refractivity contribution in [2.75, 3.05) is 35.2 Å². The zero-order valence-corrected chi connectivity index (χ0v) is 18.1. The van der Waals surface area contributed by atoms with Crippen LogP contribution in [0.15, 0.2) is 53.4 Å². The SMILES string of the molecule is Cc1ccc2nc(N3CCS(=O)(=O)c4ccccc4C3)cc(N3CC(N)C(F)C3)c2c1. The molecule has 3 aromatic rings. The topological polar surface area (TPSA) is 79.5 Å². The minimum absolute atomic E-state index is 0.0219. The van der Waals surface area contributed by atoms with Crippen molar-refractivity contribution >= 4 is 32.2 Å². The fourth-order valence-electron chi connectivity index (χ4n) is 4.48. The smallest absolute Gasteiger partial charge is 0.180 e. The number of nitrogens with two attached hydrogens (primary N) is 1. The van der Waals surface area contributed by atoms with Crippen molar-refractivity contribution in [3.05, 3.63) is 59.7 Å². The summed E-state index contributed by atoms with van der Waals surface area (Å²) in [5, 5.41) is 0.952. The van der Waals surface area contributed by atoms with Crippen LogP contribution in [-0.2, 0) is 16.4 Å². The standard InChI is InChI=1S/C23H25FN4O2S/c1-15-6-7-20-17(10-15)21(28-13-18(24)19(25)14-28)11-23(26-20)27-8-9-31(29,30)22-5-3-2-4-16(22)12-27/h2-7,10-11,18-19H,8-9,12-14,25H2,1H3. The molecule has 1 saturated heterocycles. The lowest BCUT2D eigenvalue weighted by atomic mass is 10.1. The zero-order valence-electron chi connectivity index (χ0n) is 17.3. The van der Waals surface area contributed by atoms with Gasteiger partial charge in [-0.15, -0.1) is 0 Å². The molecule has 2 N–H and O–H groups in total. The van der Waals surface area contributed by atoms with Gasteiger partial charge in [0.05, 0.1) is 28.8 Å². The molecule has 2 aromatic carbocycles. The first-order chi connectivity index (χ1) is 14.8. The second kappa shape index (κ2) is 7.46. The molecule has 6 nitrogen and oxygen atoms in total. The number of halogens is 1. The van der Waals surface area contributed by atoms with Crippen LogP contribution in [0.5, 0.6) is 0 Å². The third-order valence-electron chi connectivity index (χ3n) is 6.18. The van der Waals surface area contributed by atoms with E-state index in [2.05, 4.69) is 6.07 Å². The molecule has 0 bridgehead atoms. The summed E-state index contributed by atoms with van der Waals surface area (Å²) in [6.45, 7) is 3.48. The number of hydrogen-bond acceptors (Lipinski definition) is 6. The first-order valence-corrected chi connectivity index (χ1v) is 12.1. The lowest BCUT2D eigenvalue weighted by Crippen LogP contribution is -2.30. The van der Waals surface area contributed by atoms with Gasteiger partial charge < -0.3 is 15.5 Å². The highest BCUT2D eigenvalue weighted by molar-refractivity contribution is 7.91. The van der Waals surface area contributed by atoms with Crippen LogP contribution in [0.1, 0.15) is 11.1 Å². The number of anilines is 2. The van der Waals surface area contributed by atoms with Gasteiger partial charge in [0.2, 0.25) is 0 Å². The van der Waals surface area contributed by atoms with Crippen molar-refractivity contribution < 1.29 is 12.8 Å². The van der Waals surface area contributed by atoms with E-state index in [0.29, 0.717) is 30.3 Å². The van der Waals surface area contributed by atoms with Crippen molar-refractivity contribution in [3.63, 3.8) is 0 Å². The fraction of sp³-hybridized carbons (Fsp3) is 0.348. The van der Waals surface area contributed by atoms with Crippen molar-refractivity contribution in [1.29, 1.82) is 0 Å². The van der Waals surface area contributed by atoms with E-state index >= 15 is 0 Å². The maximum absolute atomic E-state index is 14.2. The maximum Gasteiger partial charge on any atom is 0.180 e. The number of alkyl halides is 1. The molecule has 1 aromatic heterocycles. The minimum Gasteiger partial charge on any atom is -0.366 e. The highest BCUT2D eigenvalue weighted by Gasteiger charge is 2.32. The Balaban J connectivity index is 1.62. The molecular weight excluding hydrogens is 415 g/mol. The van der Waals surface area contributed by atoms with E-state index in [1.165, 1.54) is 0 Å². The number of aryl methyl sites for hydroxylation is 1. The highest BCUT2D eigenvalue weighted by atomic mass is 32.2. The van der Waals surface area contributed by atoms with Crippen molar-refractivity contribution in [2.24, 2.45) is 5.73 Å². The van der Waals surface area contributed by atoms with Gasteiger partial charge in [-0.3, -0.25) is 0 Å². The molecule has 0 amide bonds. The number of pyridine rings is 1. The third-order valence-corrected chi connectivity index (χ3v) is 7.97. The summed E-state index contributed by atoms with van der Waals surface area (Å²) in [6.07, 6.45) is -1.08. The minimum atomic E-state index is -3.35. The van der Waals surface area contributed by atoms with Crippen LogP contribution in [0.4, 0.5) is 15.9 Å². The molecule has 0 aliphatic carbocycles. The normalized spacial score (nSPS) is 23.1. The van der Waals surface area contributed by atoms with Gasteiger partial charge in [-0.05, 0) is 30.7 Å². The molecule has 2 aliphatic heterocycles. The summed E-state index contributed by atoms with van der Waals surface area (Å²) < 4.78 is 39.7. The molecule has 1 fully saturated rings. The number of benzene rings is 2. The molecule has 162 valence electrons. The van der Waals surface area contributed by atoms with E-state index in [9.17, 15) is 12.8 Å². The summed E-state index contributed by atoms with van der Waals surface area (Å²) in [4.78, 5) is 9.21. The Morgan fingerprint density at radius 3 is 2.68 bits per heavy atom. The molecular formula is C23H25FN4O2S. The number of aromatic nitrogens is 1. The number of hydrogen-bond donors (Lipinski definition) is 1. The van der Waals surface area contributed by atoms with Gasteiger partial charge in [-0.1, -0.05) is 29.8 Å². The van der Waals surface area contributed by atoms with E-state index in [4.69, 9.17) is 10.7 Å². The molecule has 5 rings (SSSR count). The van der Waals surface area contributed by atoms with Crippen LogP contribution in [0.3, 0.4) is 0 Å². The molecule has 8 heteroatoms. The lowest BCUT2D eigenvalue weighted by molar-refractivity contribution is 0.333. The molecule has 0 spiro atoms. The first-order valence-electron chi connectivity index (χ1n) is 10.4. The van der Waals surface area contributed by atoms with Crippen LogP contribution in [0.25, 0.3) is 10.9 Å². The summed E-state index contributed by atoms with van der Waals surface area (Å²) >= 11 is 0. The van der Waals surface area contributed by atoms with Crippen molar-refractivity contribution in [1.82, 2.24) is 4.98 Å². The van der Waals surface area contributed by atoms with Gasteiger partial charge in [-0.2, -0.15) is 0 Å². The second-order valence-corrected chi connectivity index (χ2v) is 10.5. The van der Waals surface area contributed by atoms with Gasteiger partial charge in [0.1, 0.15) is 12.0 Å². The third kappa shape index (κ3) is 3.64. The Morgan fingerprint density at radius 2 is 1.90 bits per heavy atom. The average Bonchev–Trinajstić information content (AvgIpc) is 3.01. The molecule has 3 heterocycles. The van der Waals surface area contributed by atoms with Crippen molar-refractivity contribution in [2.45, 2.75) is 30.6 Å². The summed E-state index contributed by atoms with van der Waals surface area (Å²) in [5.74, 6) is 0.711. The van der Waals surface area contributed by atoms with Gasteiger partial charge in [0, 0.05) is 36.8 Å². The number of nitrogens with zero attached hydrogens (tertiary/aromatic N) is 3. The van der Waals surface area contributed by atoms with Gasteiger partial charge in [-0.25, -0.2) is 17.8 Å². The molecule has 2 atom stereocenters. The average molecular weight is 441 g/mol. The first kappa shape index (κ1) is 20.2. The van der Waals surface area contributed by atoms with Crippen LogP contribution >= 0.6 is 0 Å². The molecule has 0 saturated carbocycles. The Labute approximate surface area is 181 Å². The van der Waals surface area contributed by atoms with Crippen LogP contribution in [0.2, 0.25) is 0 Å². The quantitative estimate of drug-likeness (QED) is 0.660. The fourth-order valence-corrected chi connectivity index (χ4v) is 5.97. The monoisotopic (exact) mass is 440 g/mol. The number of rotatable bonds is 2. The van der Waals surface area contributed by atoms with Crippen molar-refractivity contribution in [3.8, 4) is 0 Å². The number of fused-ring (bicyclic) bond motifs is 2. The Hall–Kier alpha value is -2.71. The summed E-state index contributed by atoms with van der Waals surface area (Å²) in [6, 6.07) is 14.6. The highest BCUT2D eigenvalue weighted by Crippen LogP contribution is 2.35. The summed E-state index contributed by atoms with van der Waals surface area (Å²) in [7, 11) is -3.35. The van der Waals surface area contributed by atoms with Gasteiger partial charge in [0.15, 0.2) is 9.84 Å². The van der Waals surface area contributed by atoms with Crippen LogP contribution < -0.4 is 15.5 Å². The Bertz CT molecular complexity index is 1250. The zero-order chi connectivity index (χ0) is 21.8. The molecule has 2 unspecified atom stereocenters. The molecule has 2 aliphatic rings. The van der Waals surface area contributed by atoms with E-state index in [1.54, 1.807) is 12.1 Å². The van der Waals surface area contributed by atoms with Gasteiger partial charge >= 0.3 is 0 Å². The predicted octanol–water partition coefficient (Wildman–Crippen LogP) is 2.82. The van der Waals surface area contributed by atoms with E-state index in [0.717, 1.165) is 27.7 Å². The summed E-state index contributed by atoms with van der Waals surface area (Å²) in [5.41, 5.74) is 9.50. The van der Waals surface area contributed by atoms with E-state index < -0.39 is 22.1 Å². The van der Waals surface area contributed by atoms with E-state index in [-0.39, 0.29) is 12.3 Å². The Kier molecular flexibility index (Phi) is 4.86.